The van der Waals surface area contributed by atoms with E-state index in [1.165, 1.54) is 12.4 Å². The minimum Gasteiger partial charge on any atom is -0.394 e. The van der Waals surface area contributed by atoms with E-state index >= 15 is 0 Å². The highest BCUT2D eigenvalue weighted by atomic mass is 32.1. The third kappa shape index (κ3) is 4.51. The summed E-state index contributed by atoms with van der Waals surface area (Å²) < 4.78 is 0. The summed E-state index contributed by atoms with van der Waals surface area (Å²) >= 11 is 1.13. The Balaban J connectivity index is 2.52. The van der Waals surface area contributed by atoms with Crippen molar-refractivity contribution in [3.05, 3.63) is 11.1 Å². The fraction of sp³-hybridized carbons (Fsp3) is 0.500. The Bertz CT molecular complexity index is 466. The molecule has 0 aliphatic rings. The summed E-state index contributed by atoms with van der Waals surface area (Å²) in [7, 11) is 1.48. The highest BCUT2D eigenvalue weighted by Gasteiger charge is 2.22. The predicted octanol–water partition coefficient (Wildman–Crippen LogP) is -2.02. The lowest BCUT2D eigenvalue weighted by Crippen LogP contribution is -2.40. The second-order valence-electron chi connectivity index (χ2n) is 3.74. The molecular weight excluding hydrogens is 288 g/mol. The molecule has 10 heteroatoms. The normalized spacial score (nSPS) is 15.8. The van der Waals surface area contributed by atoms with E-state index < -0.39 is 24.9 Å². The summed E-state index contributed by atoms with van der Waals surface area (Å²) in [6.07, 6.45) is -3.52. The van der Waals surface area contributed by atoms with Crippen LogP contribution < -0.4 is 10.7 Å². The molecule has 0 saturated carbocycles. The van der Waals surface area contributed by atoms with Crippen molar-refractivity contribution in [3.63, 3.8) is 0 Å². The molecule has 0 radical (unpaired) electrons. The number of hydrazone groups is 1. The van der Waals surface area contributed by atoms with Crippen LogP contribution in [0.3, 0.4) is 0 Å². The van der Waals surface area contributed by atoms with Gasteiger partial charge in [0, 0.05) is 12.4 Å². The lowest BCUT2D eigenvalue weighted by Gasteiger charge is -2.17. The molecule has 0 aliphatic carbocycles. The number of hydrogen-bond donors (Lipinski definition) is 6. The minimum atomic E-state index is -1.55. The summed E-state index contributed by atoms with van der Waals surface area (Å²) in [6, 6.07) is 0. The fourth-order valence-electron chi connectivity index (χ4n) is 1.15. The first-order valence-corrected chi connectivity index (χ1v) is 6.49. The van der Waals surface area contributed by atoms with Crippen molar-refractivity contribution in [3.8, 4) is 0 Å². The van der Waals surface area contributed by atoms with E-state index in [1.54, 1.807) is 0 Å². The van der Waals surface area contributed by atoms with Crippen LogP contribution in [0.1, 0.15) is 10.5 Å². The van der Waals surface area contributed by atoms with Gasteiger partial charge in [0.2, 0.25) is 5.13 Å². The van der Waals surface area contributed by atoms with E-state index in [0.717, 1.165) is 17.6 Å². The maximum Gasteiger partial charge on any atom is 0.270 e. The number of hydrogen-bond acceptors (Lipinski definition) is 9. The van der Waals surface area contributed by atoms with Crippen LogP contribution >= 0.6 is 11.3 Å². The van der Waals surface area contributed by atoms with Gasteiger partial charge in [-0.15, -0.1) is 11.3 Å². The molecule has 1 aromatic heterocycles. The molecule has 1 aromatic rings. The summed E-state index contributed by atoms with van der Waals surface area (Å²) in [5, 5.41) is 44.4. The van der Waals surface area contributed by atoms with Crippen LogP contribution in [0.4, 0.5) is 5.13 Å². The SMILES string of the molecule is CNC(=O)c1csc(N/N=C\[C@@H](O)[C@H](O)[C@H](O)CO)n1. The highest BCUT2D eigenvalue weighted by molar-refractivity contribution is 7.13. The third-order valence-electron chi connectivity index (χ3n) is 2.28. The lowest BCUT2D eigenvalue weighted by molar-refractivity contribution is -0.0541. The van der Waals surface area contributed by atoms with E-state index in [2.05, 4.69) is 20.8 Å². The summed E-state index contributed by atoms with van der Waals surface area (Å²) in [5.41, 5.74) is 2.70. The van der Waals surface area contributed by atoms with Gasteiger partial charge in [-0.05, 0) is 0 Å². The molecule has 1 rings (SSSR count). The number of nitrogens with zero attached hydrogens (tertiary/aromatic N) is 2. The molecule has 20 heavy (non-hydrogen) atoms. The largest absolute Gasteiger partial charge is 0.394 e. The summed E-state index contributed by atoms with van der Waals surface area (Å²) in [6.45, 7) is -0.679. The Hall–Kier alpha value is -1.59. The van der Waals surface area contributed by atoms with Crippen LogP contribution in [-0.2, 0) is 0 Å². The molecule has 0 saturated heterocycles. The number of anilines is 1. The molecule has 0 bridgehead atoms. The summed E-state index contributed by atoms with van der Waals surface area (Å²) in [5.74, 6) is -0.334. The Morgan fingerprint density at radius 3 is 2.85 bits per heavy atom. The molecule has 0 unspecified atom stereocenters. The molecule has 0 aromatic carbocycles. The number of carbonyl (C=O) groups is 1. The highest BCUT2D eigenvalue weighted by Crippen LogP contribution is 2.14. The molecular formula is C10H16N4O5S. The average Bonchev–Trinajstić information content (AvgIpc) is 2.93. The van der Waals surface area contributed by atoms with Crippen molar-refractivity contribution >= 4 is 28.6 Å². The second-order valence-corrected chi connectivity index (χ2v) is 4.60. The molecule has 1 amide bonds. The van der Waals surface area contributed by atoms with Gasteiger partial charge in [0.15, 0.2) is 0 Å². The maximum absolute atomic E-state index is 11.2. The van der Waals surface area contributed by atoms with Gasteiger partial charge in [0.05, 0.1) is 12.8 Å². The number of rotatable bonds is 7. The Labute approximate surface area is 118 Å². The predicted molar refractivity (Wildman–Crippen MR) is 72.7 cm³/mol. The van der Waals surface area contributed by atoms with Crippen molar-refractivity contribution in [1.29, 1.82) is 0 Å². The van der Waals surface area contributed by atoms with E-state index in [-0.39, 0.29) is 11.6 Å². The average molecular weight is 304 g/mol. The van der Waals surface area contributed by atoms with Gasteiger partial charge in [-0.1, -0.05) is 0 Å². The van der Waals surface area contributed by atoms with Crippen LogP contribution in [0, 0.1) is 0 Å². The van der Waals surface area contributed by atoms with Gasteiger partial charge in [0.1, 0.15) is 24.0 Å². The van der Waals surface area contributed by atoms with E-state index in [1.807, 2.05) is 0 Å². The van der Waals surface area contributed by atoms with Crippen molar-refractivity contribution in [2.24, 2.45) is 5.10 Å². The van der Waals surface area contributed by atoms with Gasteiger partial charge in [-0.25, -0.2) is 4.98 Å². The number of aromatic nitrogens is 1. The first-order valence-electron chi connectivity index (χ1n) is 5.61. The molecule has 6 N–H and O–H groups in total. The zero-order valence-electron chi connectivity index (χ0n) is 10.6. The first-order chi connectivity index (χ1) is 9.49. The number of amides is 1. The lowest BCUT2D eigenvalue weighted by atomic mass is 10.1. The van der Waals surface area contributed by atoms with Crippen LogP contribution in [0.5, 0.6) is 0 Å². The quantitative estimate of drug-likeness (QED) is 0.251. The number of aliphatic hydroxyl groups is 4. The van der Waals surface area contributed by atoms with Crippen LogP contribution in [-0.4, -0.2) is 69.5 Å². The van der Waals surface area contributed by atoms with Gasteiger partial charge < -0.3 is 25.7 Å². The molecule has 0 fully saturated rings. The minimum absolute atomic E-state index is 0.228. The molecule has 0 spiro atoms. The fourth-order valence-corrected chi connectivity index (χ4v) is 1.79. The number of thiazole rings is 1. The molecule has 3 atom stereocenters. The van der Waals surface area contributed by atoms with E-state index in [4.69, 9.17) is 10.2 Å². The maximum atomic E-state index is 11.2. The molecule has 9 nitrogen and oxygen atoms in total. The first kappa shape index (κ1) is 16.5. The van der Waals surface area contributed by atoms with Crippen molar-refractivity contribution in [1.82, 2.24) is 10.3 Å². The van der Waals surface area contributed by atoms with Crippen molar-refractivity contribution in [2.45, 2.75) is 18.3 Å². The monoisotopic (exact) mass is 304 g/mol. The smallest absolute Gasteiger partial charge is 0.270 e. The zero-order valence-corrected chi connectivity index (χ0v) is 11.4. The number of carbonyl (C=O) groups excluding carboxylic acids is 1. The number of nitrogens with one attached hydrogen (secondary N) is 2. The van der Waals surface area contributed by atoms with Crippen LogP contribution in [0.2, 0.25) is 0 Å². The summed E-state index contributed by atoms with van der Waals surface area (Å²) in [4.78, 5) is 15.2. The molecule has 1 heterocycles. The van der Waals surface area contributed by atoms with Crippen LogP contribution in [0.15, 0.2) is 10.5 Å². The van der Waals surface area contributed by atoms with E-state index in [0.29, 0.717) is 5.13 Å². The molecule has 112 valence electrons. The molecule has 0 aliphatic heterocycles. The Morgan fingerprint density at radius 2 is 2.25 bits per heavy atom. The Morgan fingerprint density at radius 1 is 1.55 bits per heavy atom. The second kappa shape index (κ2) is 7.87. The van der Waals surface area contributed by atoms with Crippen molar-refractivity contribution in [2.75, 3.05) is 19.1 Å². The van der Waals surface area contributed by atoms with Crippen LogP contribution in [0.25, 0.3) is 0 Å². The standard InChI is InChI=1S/C10H16N4O5S/c1-11-9(19)5-4-20-10(13-5)14-12-2-6(16)8(18)7(17)3-15/h2,4,6-8,15-18H,3H2,1H3,(H,11,19)(H,13,14)/b12-2-/t6-,7-,8+/m1/s1. The van der Waals surface area contributed by atoms with Gasteiger partial charge in [0.25, 0.3) is 5.91 Å². The van der Waals surface area contributed by atoms with E-state index in [9.17, 15) is 15.0 Å². The van der Waals surface area contributed by atoms with Gasteiger partial charge in [-0.2, -0.15) is 5.10 Å². The topological polar surface area (TPSA) is 147 Å². The van der Waals surface area contributed by atoms with Gasteiger partial charge >= 0.3 is 0 Å². The van der Waals surface area contributed by atoms with Crippen molar-refractivity contribution < 1.29 is 25.2 Å². The van der Waals surface area contributed by atoms with Gasteiger partial charge in [-0.3, -0.25) is 10.2 Å². The zero-order chi connectivity index (χ0) is 15.1. The Kier molecular flexibility index (Phi) is 6.48. The third-order valence-corrected chi connectivity index (χ3v) is 3.03. The number of aliphatic hydroxyl groups excluding tert-OH is 4.